The van der Waals surface area contributed by atoms with E-state index in [1.54, 1.807) is 11.3 Å². The summed E-state index contributed by atoms with van der Waals surface area (Å²) in [6.45, 7) is 11.5. The van der Waals surface area contributed by atoms with E-state index in [-0.39, 0.29) is 17.5 Å². The van der Waals surface area contributed by atoms with Gasteiger partial charge in [-0.1, -0.05) is 20.8 Å². The number of hydrogen-bond donors (Lipinski definition) is 2. The normalized spacial score (nSPS) is 16.1. The molecule has 0 aliphatic rings. The van der Waals surface area contributed by atoms with E-state index in [2.05, 4.69) is 43.4 Å². The highest BCUT2D eigenvalue weighted by Crippen LogP contribution is 2.20. The van der Waals surface area contributed by atoms with E-state index >= 15 is 0 Å². The fourth-order valence-electron chi connectivity index (χ4n) is 1.27. The van der Waals surface area contributed by atoms with E-state index in [1.807, 2.05) is 6.92 Å². The molecule has 1 rings (SSSR count). The van der Waals surface area contributed by atoms with Crippen molar-refractivity contribution < 1.29 is 0 Å². The Morgan fingerprint density at radius 1 is 1.50 bits per heavy atom. The van der Waals surface area contributed by atoms with E-state index in [0.717, 1.165) is 17.2 Å². The number of aryl methyl sites for hydroxylation is 1. The highest BCUT2D eigenvalue weighted by molar-refractivity contribution is 7.09. The van der Waals surface area contributed by atoms with E-state index < -0.39 is 0 Å². The van der Waals surface area contributed by atoms with Crippen LogP contribution < -0.4 is 11.1 Å². The van der Waals surface area contributed by atoms with Gasteiger partial charge < -0.3 is 11.1 Å². The van der Waals surface area contributed by atoms with Crippen LogP contribution >= 0.6 is 11.3 Å². The van der Waals surface area contributed by atoms with Crippen LogP contribution in [0.1, 0.15) is 44.4 Å². The molecule has 2 atom stereocenters. The number of nitrogens with zero attached hydrogens (tertiary/aromatic N) is 1. The van der Waals surface area contributed by atoms with E-state index in [1.165, 1.54) is 0 Å². The highest BCUT2D eigenvalue weighted by atomic mass is 32.1. The number of thiazole rings is 1. The Hall–Kier alpha value is -0.450. The number of nitrogens with one attached hydrogen (secondary N) is 1. The van der Waals surface area contributed by atoms with Crippen LogP contribution in [0.25, 0.3) is 0 Å². The maximum Gasteiger partial charge on any atom is 0.110 e. The maximum atomic E-state index is 6.10. The highest BCUT2D eigenvalue weighted by Gasteiger charge is 2.21. The zero-order valence-corrected chi connectivity index (χ0v) is 11.7. The summed E-state index contributed by atoms with van der Waals surface area (Å²) in [5.41, 5.74) is 7.34. The van der Waals surface area contributed by atoms with Crippen molar-refractivity contribution in [1.82, 2.24) is 10.3 Å². The van der Waals surface area contributed by atoms with Crippen molar-refractivity contribution in [2.45, 2.75) is 46.7 Å². The Balaban J connectivity index is 2.44. The molecule has 92 valence electrons. The van der Waals surface area contributed by atoms with Crippen molar-refractivity contribution in [2.24, 2.45) is 11.1 Å². The Kier molecular flexibility index (Phi) is 4.47. The summed E-state index contributed by atoms with van der Waals surface area (Å²) in [7, 11) is 0. The Morgan fingerprint density at radius 2 is 2.12 bits per heavy atom. The largest absolute Gasteiger partial charge is 0.326 e. The predicted molar refractivity (Wildman–Crippen MR) is 70.7 cm³/mol. The minimum Gasteiger partial charge on any atom is -0.326 e. The van der Waals surface area contributed by atoms with Gasteiger partial charge in [0.05, 0.1) is 6.04 Å². The molecule has 0 spiro atoms. The average molecular weight is 241 g/mol. The minimum absolute atomic E-state index is 0.144. The summed E-state index contributed by atoms with van der Waals surface area (Å²) in [6, 6.07) is 0.447. The summed E-state index contributed by atoms with van der Waals surface area (Å²) >= 11 is 1.70. The van der Waals surface area contributed by atoms with Gasteiger partial charge in [-0.05, 0) is 19.3 Å². The third kappa shape index (κ3) is 3.85. The Bertz CT molecular complexity index is 327. The zero-order chi connectivity index (χ0) is 12.3. The number of rotatable bonds is 4. The molecule has 1 aromatic heterocycles. The van der Waals surface area contributed by atoms with Gasteiger partial charge in [-0.25, -0.2) is 4.98 Å². The third-order valence-electron chi connectivity index (χ3n) is 2.76. The van der Waals surface area contributed by atoms with Crippen molar-refractivity contribution in [2.75, 3.05) is 6.54 Å². The maximum absolute atomic E-state index is 6.10. The van der Waals surface area contributed by atoms with Gasteiger partial charge in [-0.2, -0.15) is 0 Å². The van der Waals surface area contributed by atoms with Crippen LogP contribution in [0.2, 0.25) is 0 Å². The smallest absolute Gasteiger partial charge is 0.110 e. The third-order valence-corrected chi connectivity index (χ3v) is 3.91. The van der Waals surface area contributed by atoms with E-state index in [0.29, 0.717) is 0 Å². The van der Waals surface area contributed by atoms with Gasteiger partial charge in [-0.3, -0.25) is 0 Å². The second-order valence-corrected chi connectivity index (χ2v) is 6.32. The Morgan fingerprint density at radius 3 is 2.56 bits per heavy atom. The first kappa shape index (κ1) is 13.6. The van der Waals surface area contributed by atoms with Crippen molar-refractivity contribution in [3.8, 4) is 0 Å². The lowest BCUT2D eigenvalue weighted by Gasteiger charge is -2.28. The zero-order valence-electron chi connectivity index (χ0n) is 10.9. The van der Waals surface area contributed by atoms with Crippen molar-refractivity contribution in [3.05, 3.63) is 16.1 Å². The first-order chi connectivity index (χ1) is 7.30. The van der Waals surface area contributed by atoms with Gasteiger partial charge in [-0.15, -0.1) is 11.3 Å². The molecule has 2 unspecified atom stereocenters. The van der Waals surface area contributed by atoms with Crippen LogP contribution in [0, 0.1) is 12.3 Å². The van der Waals surface area contributed by atoms with Crippen molar-refractivity contribution >= 4 is 11.3 Å². The molecule has 3 nitrogen and oxygen atoms in total. The van der Waals surface area contributed by atoms with Crippen LogP contribution in [0.3, 0.4) is 0 Å². The predicted octanol–water partition coefficient (Wildman–Crippen LogP) is 2.48. The quantitative estimate of drug-likeness (QED) is 0.851. The van der Waals surface area contributed by atoms with Crippen LogP contribution in [0.5, 0.6) is 0 Å². The summed E-state index contributed by atoms with van der Waals surface area (Å²) in [6.07, 6.45) is 0. The molecule has 0 bridgehead atoms. The van der Waals surface area contributed by atoms with Crippen LogP contribution in [-0.2, 0) is 0 Å². The molecule has 1 heterocycles. The fourth-order valence-corrected chi connectivity index (χ4v) is 2.10. The number of nitrogens with two attached hydrogens (primary N) is 1. The van der Waals surface area contributed by atoms with Gasteiger partial charge in [0, 0.05) is 23.7 Å². The molecule has 3 N–H and O–H groups in total. The first-order valence-electron chi connectivity index (χ1n) is 5.71. The molecule has 0 saturated heterocycles. The van der Waals surface area contributed by atoms with Crippen LogP contribution in [0.15, 0.2) is 5.38 Å². The van der Waals surface area contributed by atoms with Gasteiger partial charge in [0.25, 0.3) is 0 Å². The molecule has 0 amide bonds. The lowest BCUT2D eigenvalue weighted by atomic mass is 9.87. The monoisotopic (exact) mass is 241 g/mol. The first-order valence-corrected chi connectivity index (χ1v) is 6.59. The fraction of sp³-hybridized carbons (Fsp3) is 0.750. The van der Waals surface area contributed by atoms with Crippen LogP contribution in [0.4, 0.5) is 0 Å². The molecule has 0 fully saturated rings. The molecular formula is C12H23N3S. The summed E-state index contributed by atoms with van der Waals surface area (Å²) < 4.78 is 0. The second-order valence-electron chi connectivity index (χ2n) is 5.43. The lowest BCUT2D eigenvalue weighted by Crippen LogP contribution is -2.44. The number of aromatic nitrogens is 1. The summed E-state index contributed by atoms with van der Waals surface area (Å²) in [5, 5.41) is 6.66. The van der Waals surface area contributed by atoms with Gasteiger partial charge >= 0.3 is 0 Å². The summed E-state index contributed by atoms with van der Waals surface area (Å²) in [4.78, 5) is 4.47. The van der Waals surface area contributed by atoms with Gasteiger partial charge in [0.1, 0.15) is 5.01 Å². The Labute approximate surface area is 102 Å². The average Bonchev–Trinajstić information content (AvgIpc) is 2.59. The number of hydrogen-bond acceptors (Lipinski definition) is 4. The molecule has 4 heteroatoms. The van der Waals surface area contributed by atoms with Crippen molar-refractivity contribution in [3.63, 3.8) is 0 Å². The standard InChI is InChI=1S/C12H23N3S/c1-8-7-16-11(15-8)9(2)14-6-10(13)12(3,4)5/h7,9-10,14H,6,13H2,1-5H3. The van der Waals surface area contributed by atoms with E-state index in [4.69, 9.17) is 5.73 Å². The molecule has 0 aliphatic heterocycles. The minimum atomic E-state index is 0.144. The molecule has 16 heavy (non-hydrogen) atoms. The SMILES string of the molecule is Cc1csc(C(C)NCC(N)C(C)(C)C)n1. The van der Waals surface area contributed by atoms with Gasteiger partial charge in [0.2, 0.25) is 0 Å². The lowest BCUT2D eigenvalue weighted by molar-refractivity contribution is 0.302. The van der Waals surface area contributed by atoms with Crippen LogP contribution in [-0.4, -0.2) is 17.6 Å². The molecule has 0 saturated carbocycles. The molecule has 0 radical (unpaired) electrons. The molecule has 0 aliphatic carbocycles. The molecule has 1 aromatic rings. The summed E-state index contributed by atoms with van der Waals surface area (Å²) in [5.74, 6) is 0. The molecule has 0 aromatic carbocycles. The second kappa shape index (κ2) is 5.25. The van der Waals surface area contributed by atoms with E-state index in [9.17, 15) is 0 Å². The van der Waals surface area contributed by atoms with Gasteiger partial charge in [0.15, 0.2) is 0 Å². The van der Waals surface area contributed by atoms with Crippen molar-refractivity contribution in [1.29, 1.82) is 0 Å². The topological polar surface area (TPSA) is 50.9 Å². The molecular weight excluding hydrogens is 218 g/mol.